The van der Waals surface area contributed by atoms with E-state index in [4.69, 9.17) is 51.7 Å². The van der Waals surface area contributed by atoms with Crippen molar-refractivity contribution in [2.45, 2.75) is 24.9 Å². The van der Waals surface area contributed by atoms with Crippen molar-refractivity contribution < 1.29 is 59.4 Å². The highest BCUT2D eigenvalue weighted by molar-refractivity contribution is 6.27. The van der Waals surface area contributed by atoms with Crippen LogP contribution in [0.2, 0.25) is 0 Å². The van der Waals surface area contributed by atoms with E-state index in [1.807, 2.05) is 0 Å². The third kappa shape index (κ3) is 21.0. The van der Waals surface area contributed by atoms with Gasteiger partial charge in [-0.05, 0) is 0 Å². The highest BCUT2D eigenvalue weighted by atomic mass is 16.4. The van der Waals surface area contributed by atoms with Gasteiger partial charge in [-0.3, -0.25) is 19.2 Å². The average molecular weight is 356 g/mol. The second-order valence-corrected chi connectivity index (χ2v) is 3.70. The van der Waals surface area contributed by atoms with Gasteiger partial charge in [-0.1, -0.05) is 0 Å². The van der Waals surface area contributed by atoms with Crippen LogP contribution in [0, 0.1) is 0 Å². The molecule has 138 valence electrons. The molecule has 0 aliphatic rings. The fourth-order valence-electron chi connectivity index (χ4n) is 0.551. The molecule has 0 rings (SSSR count). The molecule has 2 unspecified atom stereocenters. The number of aliphatic carboxylic acids is 6. The molecule has 14 heteroatoms. The Balaban J connectivity index is -0.000000282. The third-order valence-corrected chi connectivity index (χ3v) is 1.61. The number of nitrogens with two attached hydrogens (primary N) is 2. The summed E-state index contributed by atoms with van der Waals surface area (Å²) >= 11 is 0. The summed E-state index contributed by atoms with van der Waals surface area (Å²) in [5.41, 5.74) is 9.67. The first-order valence-electron chi connectivity index (χ1n) is 5.58. The van der Waals surface area contributed by atoms with Crippen LogP contribution in [-0.2, 0) is 28.8 Å². The summed E-state index contributed by atoms with van der Waals surface area (Å²) < 4.78 is 0. The second-order valence-electron chi connectivity index (χ2n) is 3.70. The summed E-state index contributed by atoms with van der Waals surface area (Å²) in [7, 11) is 0. The third-order valence-electron chi connectivity index (χ3n) is 1.61. The van der Waals surface area contributed by atoms with Crippen LogP contribution in [0.1, 0.15) is 12.8 Å². The first-order chi connectivity index (χ1) is 10.7. The van der Waals surface area contributed by atoms with Gasteiger partial charge < -0.3 is 42.1 Å². The number of carboxylic acids is 6. The summed E-state index contributed by atoms with van der Waals surface area (Å²) in [5, 5.41) is 46.8. The Hall–Kier alpha value is -3.26. The number of hydrogen-bond acceptors (Lipinski definition) is 8. The summed E-state index contributed by atoms with van der Waals surface area (Å²) in [6.45, 7) is 0. The molecule has 0 spiro atoms. The van der Waals surface area contributed by atoms with Crippen LogP contribution in [0.15, 0.2) is 0 Å². The Morgan fingerprint density at radius 3 is 0.833 bits per heavy atom. The Morgan fingerprint density at radius 2 is 0.792 bits per heavy atom. The molecule has 0 saturated heterocycles. The van der Waals surface area contributed by atoms with Gasteiger partial charge in [0.15, 0.2) is 0 Å². The van der Waals surface area contributed by atoms with Crippen LogP contribution >= 0.6 is 0 Å². The van der Waals surface area contributed by atoms with Crippen LogP contribution in [-0.4, -0.2) is 78.5 Å². The lowest BCUT2D eigenvalue weighted by molar-refractivity contribution is -0.159. The van der Waals surface area contributed by atoms with Gasteiger partial charge in [-0.15, -0.1) is 0 Å². The van der Waals surface area contributed by atoms with Crippen LogP contribution < -0.4 is 11.5 Å². The summed E-state index contributed by atoms with van der Waals surface area (Å²) in [6, 6.07) is -2.58. The van der Waals surface area contributed by atoms with Crippen molar-refractivity contribution in [3.05, 3.63) is 0 Å². The minimum atomic E-state index is -1.82. The van der Waals surface area contributed by atoms with Gasteiger partial charge in [0, 0.05) is 0 Å². The molecule has 0 aromatic heterocycles. The van der Waals surface area contributed by atoms with Crippen LogP contribution in [0.25, 0.3) is 0 Å². The number of rotatable bonds is 6. The number of hydrogen-bond donors (Lipinski definition) is 8. The first-order valence-corrected chi connectivity index (χ1v) is 5.58. The molecule has 0 aliphatic carbocycles. The predicted molar refractivity (Wildman–Crippen MR) is 71.0 cm³/mol. The van der Waals surface area contributed by atoms with Gasteiger partial charge in [0.25, 0.3) is 0 Å². The molecule has 0 heterocycles. The molecule has 14 nitrogen and oxygen atoms in total. The molecule has 0 aromatic rings. The van der Waals surface area contributed by atoms with Crippen LogP contribution in [0.5, 0.6) is 0 Å². The lowest BCUT2D eigenvalue weighted by Crippen LogP contribution is -2.32. The van der Waals surface area contributed by atoms with Gasteiger partial charge in [0.1, 0.15) is 12.1 Å². The minimum Gasteiger partial charge on any atom is -0.481 e. The fourth-order valence-corrected chi connectivity index (χ4v) is 0.551. The van der Waals surface area contributed by atoms with Crippen molar-refractivity contribution in [2.75, 3.05) is 0 Å². The second kappa shape index (κ2) is 13.4. The van der Waals surface area contributed by atoms with E-state index >= 15 is 0 Å². The largest absolute Gasteiger partial charge is 0.481 e. The van der Waals surface area contributed by atoms with Gasteiger partial charge in [-0.2, -0.15) is 0 Å². The van der Waals surface area contributed by atoms with Crippen LogP contribution in [0.3, 0.4) is 0 Å². The molecule has 0 bridgehead atoms. The summed E-state index contributed by atoms with van der Waals surface area (Å²) in [5.74, 6) is -8.64. The van der Waals surface area contributed by atoms with Crippen molar-refractivity contribution in [3.8, 4) is 0 Å². The van der Waals surface area contributed by atoms with Gasteiger partial charge >= 0.3 is 35.8 Å². The summed E-state index contributed by atoms with van der Waals surface area (Å²) in [6.07, 6.45) is -1.06. The lowest BCUT2D eigenvalue weighted by Gasteiger charge is -1.99. The molecule has 0 saturated carbocycles. The van der Waals surface area contributed by atoms with E-state index in [-0.39, 0.29) is 0 Å². The molecular formula is C10H16N2O12. The molecule has 0 aliphatic heterocycles. The highest BCUT2D eigenvalue weighted by Gasteiger charge is 2.15. The van der Waals surface area contributed by atoms with Gasteiger partial charge in [0.05, 0.1) is 12.8 Å². The Bertz CT molecular complexity index is 444. The zero-order chi connectivity index (χ0) is 20.0. The fraction of sp³-hybridized carbons (Fsp3) is 0.400. The zero-order valence-corrected chi connectivity index (χ0v) is 11.9. The van der Waals surface area contributed by atoms with Gasteiger partial charge in [0.2, 0.25) is 0 Å². The van der Waals surface area contributed by atoms with Crippen molar-refractivity contribution in [2.24, 2.45) is 11.5 Å². The molecule has 2 atom stereocenters. The molecule has 0 radical (unpaired) electrons. The average Bonchev–Trinajstić information content (AvgIpc) is 2.38. The Kier molecular flexibility index (Phi) is 14.3. The predicted octanol–water partition coefficient (Wildman–Crippen LogP) is -3.10. The monoisotopic (exact) mass is 356 g/mol. The van der Waals surface area contributed by atoms with E-state index < -0.39 is 60.7 Å². The normalized spacial score (nSPS) is 11.2. The molecular weight excluding hydrogens is 340 g/mol. The summed E-state index contributed by atoms with van der Waals surface area (Å²) in [4.78, 5) is 57.4. The maximum absolute atomic E-state index is 9.85. The highest BCUT2D eigenvalue weighted by Crippen LogP contribution is 1.86. The number of carbonyl (C=O) groups is 6. The zero-order valence-electron chi connectivity index (χ0n) is 11.9. The van der Waals surface area contributed by atoms with Crippen molar-refractivity contribution >= 4 is 35.8 Å². The van der Waals surface area contributed by atoms with Crippen molar-refractivity contribution in [3.63, 3.8) is 0 Å². The molecule has 10 N–H and O–H groups in total. The molecule has 0 amide bonds. The van der Waals surface area contributed by atoms with Crippen LogP contribution in [0.4, 0.5) is 0 Å². The standard InChI is InChI=1S/2C4H7NO4.C2H2O4/c2*5-2(4(8)9)1-3(6)7;3-1(4)2(5)6/h2*2H,1,5H2,(H,6,7)(H,8,9);(H,3,4)(H,5,6). The van der Waals surface area contributed by atoms with Crippen molar-refractivity contribution in [1.29, 1.82) is 0 Å². The van der Waals surface area contributed by atoms with E-state index in [0.717, 1.165) is 0 Å². The van der Waals surface area contributed by atoms with E-state index in [1.54, 1.807) is 0 Å². The molecule has 0 fully saturated rings. The quantitative estimate of drug-likeness (QED) is 0.219. The Morgan fingerprint density at radius 1 is 0.583 bits per heavy atom. The van der Waals surface area contributed by atoms with E-state index in [0.29, 0.717) is 0 Å². The minimum absolute atomic E-state index is 0.532. The lowest BCUT2D eigenvalue weighted by atomic mass is 10.2. The number of carboxylic acid groups (broad SMARTS) is 6. The van der Waals surface area contributed by atoms with Gasteiger partial charge in [-0.25, -0.2) is 9.59 Å². The van der Waals surface area contributed by atoms with E-state index in [2.05, 4.69) is 0 Å². The first kappa shape index (κ1) is 25.7. The SMILES string of the molecule is NC(CC(=O)O)C(=O)O.NC(CC(=O)O)C(=O)O.O=C(O)C(=O)O. The maximum atomic E-state index is 9.85. The molecule has 24 heavy (non-hydrogen) atoms. The molecule has 0 aromatic carbocycles. The van der Waals surface area contributed by atoms with Crippen molar-refractivity contribution in [1.82, 2.24) is 0 Å². The smallest absolute Gasteiger partial charge is 0.414 e. The maximum Gasteiger partial charge on any atom is 0.414 e. The van der Waals surface area contributed by atoms with E-state index in [9.17, 15) is 19.2 Å². The Labute approximate surface area is 132 Å². The van der Waals surface area contributed by atoms with E-state index in [1.165, 1.54) is 0 Å². The topological polar surface area (TPSA) is 276 Å².